The van der Waals surface area contributed by atoms with Crippen LogP contribution in [-0.2, 0) is 16.0 Å². The van der Waals surface area contributed by atoms with Crippen LogP contribution in [-0.4, -0.2) is 22.8 Å². The fraction of sp³-hybridized carbons (Fsp3) is 0.412. The van der Waals surface area contributed by atoms with Crippen LogP contribution in [0.3, 0.4) is 0 Å². The molecular formula is C17H19NO3. The van der Waals surface area contributed by atoms with E-state index in [-0.39, 0.29) is 17.1 Å². The molecule has 4 nitrogen and oxygen atoms in total. The Kier molecular flexibility index (Phi) is 3.32. The van der Waals surface area contributed by atoms with Gasteiger partial charge >= 0.3 is 0 Å². The minimum Gasteiger partial charge on any atom is -0.509 e. The summed E-state index contributed by atoms with van der Waals surface area (Å²) in [4.78, 5) is 24.3. The number of carbonyl (C=O) groups excluding carboxylic acids is 2. The molecule has 2 N–H and O–H groups in total. The highest BCUT2D eigenvalue weighted by molar-refractivity contribution is 6.23. The summed E-state index contributed by atoms with van der Waals surface area (Å²) in [6.45, 7) is 1.85. The van der Waals surface area contributed by atoms with E-state index in [0.29, 0.717) is 6.42 Å². The summed E-state index contributed by atoms with van der Waals surface area (Å²) >= 11 is 0. The number of hydrogen-bond acceptors (Lipinski definition) is 3. The molecule has 0 aromatic heterocycles. The van der Waals surface area contributed by atoms with E-state index < -0.39 is 17.4 Å². The zero-order valence-electron chi connectivity index (χ0n) is 12.1. The Labute approximate surface area is 123 Å². The minimum atomic E-state index is -0.445. The van der Waals surface area contributed by atoms with Crippen molar-refractivity contribution in [2.75, 3.05) is 0 Å². The maximum Gasteiger partial charge on any atom is 0.259 e. The molecule has 0 spiro atoms. The van der Waals surface area contributed by atoms with Crippen LogP contribution in [0.4, 0.5) is 0 Å². The molecular weight excluding hydrogens is 266 g/mol. The first-order valence-corrected chi connectivity index (χ1v) is 7.34. The average molecular weight is 285 g/mol. The van der Waals surface area contributed by atoms with E-state index in [1.807, 2.05) is 37.3 Å². The molecule has 1 fully saturated rings. The molecule has 21 heavy (non-hydrogen) atoms. The standard InChI is InChI=1S/C17H19NO3/c1-17(9-10-17)15(20)13-14(19)12(18-16(13)21)8-7-11-5-3-2-4-6-11/h2-6,12,19H,7-10H2,1H3,(H,18,21). The van der Waals surface area contributed by atoms with Crippen molar-refractivity contribution in [2.45, 2.75) is 38.6 Å². The Morgan fingerprint density at radius 3 is 2.62 bits per heavy atom. The second-order valence-corrected chi connectivity index (χ2v) is 6.20. The topological polar surface area (TPSA) is 66.4 Å². The van der Waals surface area contributed by atoms with Crippen molar-refractivity contribution < 1.29 is 14.7 Å². The molecule has 1 aromatic carbocycles. The van der Waals surface area contributed by atoms with Crippen molar-refractivity contribution in [3.05, 3.63) is 47.2 Å². The molecule has 1 aromatic rings. The van der Waals surface area contributed by atoms with Gasteiger partial charge in [0.2, 0.25) is 0 Å². The van der Waals surface area contributed by atoms with E-state index in [1.165, 1.54) is 0 Å². The van der Waals surface area contributed by atoms with Crippen LogP contribution in [0.5, 0.6) is 0 Å². The zero-order valence-corrected chi connectivity index (χ0v) is 12.1. The van der Waals surface area contributed by atoms with Crippen molar-refractivity contribution in [3.8, 4) is 0 Å². The largest absolute Gasteiger partial charge is 0.509 e. The number of amides is 1. The van der Waals surface area contributed by atoms with Crippen LogP contribution in [0.2, 0.25) is 0 Å². The van der Waals surface area contributed by atoms with Gasteiger partial charge in [-0.2, -0.15) is 0 Å². The number of nitrogens with one attached hydrogen (secondary N) is 1. The molecule has 1 heterocycles. The van der Waals surface area contributed by atoms with Crippen molar-refractivity contribution in [1.29, 1.82) is 0 Å². The molecule has 1 saturated carbocycles. The molecule has 2 aliphatic rings. The number of aliphatic hydroxyl groups is 1. The number of aryl methyl sites for hydroxylation is 1. The highest BCUT2D eigenvalue weighted by atomic mass is 16.3. The maximum atomic E-state index is 12.3. The third kappa shape index (κ3) is 2.58. The highest BCUT2D eigenvalue weighted by Gasteiger charge is 2.50. The first-order valence-electron chi connectivity index (χ1n) is 7.34. The van der Waals surface area contributed by atoms with Gasteiger partial charge in [-0.3, -0.25) is 9.59 Å². The molecule has 1 amide bonds. The van der Waals surface area contributed by atoms with Crippen molar-refractivity contribution >= 4 is 11.7 Å². The predicted molar refractivity (Wildman–Crippen MR) is 78.7 cm³/mol. The summed E-state index contributed by atoms with van der Waals surface area (Å²) in [5.74, 6) is -0.711. The van der Waals surface area contributed by atoms with Crippen LogP contribution in [0, 0.1) is 5.41 Å². The van der Waals surface area contributed by atoms with Crippen molar-refractivity contribution in [3.63, 3.8) is 0 Å². The number of ketones is 1. The van der Waals surface area contributed by atoms with Crippen molar-refractivity contribution in [1.82, 2.24) is 5.32 Å². The lowest BCUT2D eigenvalue weighted by molar-refractivity contribution is -0.124. The Bertz CT molecular complexity index is 614. The lowest BCUT2D eigenvalue weighted by Crippen LogP contribution is -2.30. The van der Waals surface area contributed by atoms with Gasteiger partial charge in [0.1, 0.15) is 11.3 Å². The predicted octanol–water partition coefficient (Wildman–Crippen LogP) is 2.30. The van der Waals surface area contributed by atoms with Gasteiger partial charge in [0, 0.05) is 5.41 Å². The van der Waals surface area contributed by atoms with Gasteiger partial charge in [0.05, 0.1) is 6.04 Å². The molecule has 1 aliphatic carbocycles. The van der Waals surface area contributed by atoms with E-state index in [4.69, 9.17) is 0 Å². The summed E-state index contributed by atoms with van der Waals surface area (Å²) in [6, 6.07) is 9.44. The minimum absolute atomic E-state index is 0.0203. The second kappa shape index (κ2) is 5.02. The smallest absolute Gasteiger partial charge is 0.259 e. The Morgan fingerprint density at radius 1 is 1.33 bits per heavy atom. The van der Waals surface area contributed by atoms with Crippen LogP contribution in [0.1, 0.15) is 31.7 Å². The molecule has 0 radical (unpaired) electrons. The Hall–Kier alpha value is -2.10. The summed E-state index contributed by atoms with van der Waals surface area (Å²) in [6.07, 6.45) is 2.93. The Balaban J connectivity index is 1.72. The lowest BCUT2D eigenvalue weighted by Gasteiger charge is -2.10. The van der Waals surface area contributed by atoms with E-state index in [2.05, 4.69) is 5.32 Å². The maximum absolute atomic E-state index is 12.3. The molecule has 110 valence electrons. The van der Waals surface area contributed by atoms with Crippen LogP contribution in [0.15, 0.2) is 41.7 Å². The Morgan fingerprint density at radius 2 is 2.00 bits per heavy atom. The van der Waals surface area contributed by atoms with Crippen molar-refractivity contribution in [2.24, 2.45) is 5.41 Å². The van der Waals surface area contributed by atoms with Crippen LogP contribution >= 0.6 is 0 Å². The van der Waals surface area contributed by atoms with Gasteiger partial charge in [-0.15, -0.1) is 0 Å². The first kappa shape index (κ1) is 13.9. The normalized spacial score (nSPS) is 23.1. The number of hydrogen-bond donors (Lipinski definition) is 2. The van der Waals surface area contributed by atoms with Crippen LogP contribution < -0.4 is 5.32 Å². The lowest BCUT2D eigenvalue weighted by atomic mass is 9.95. The highest BCUT2D eigenvalue weighted by Crippen LogP contribution is 2.48. The molecule has 4 heteroatoms. The number of Topliss-reactive ketones (excluding diaryl/α,β-unsaturated/α-hetero) is 1. The molecule has 0 bridgehead atoms. The summed E-state index contributed by atoms with van der Waals surface area (Å²) in [7, 11) is 0. The van der Waals surface area contributed by atoms with Crippen LogP contribution in [0.25, 0.3) is 0 Å². The fourth-order valence-electron chi connectivity index (χ4n) is 2.69. The van der Waals surface area contributed by atoms with E-state index in [1.54, 1.807) is 0 Å². The van der Waals surface area contributed by atoms with E-state index in [0.717, 1.165) is 24.8 Å². The third-order valence-electron chi connectivity index (χ3n) is 4.46. The fourth-order valence-corrected chi connectivity index (χ4v) is 2.69. The SMILES string of the molecule is CC1(C(=O)C2=C(O)C(CCc3ccccc3)NC2=O)CC1. The average Bonchev–Trinajstić information content (AvgIpc) is 3.17. The molecule has 1 unspecified atom stereocenters. The number of rotatable bonds is 5. The number of carbonyl (C=O) groups is 2. The number of benzene rings is 1. The van der Waals surface area contributed by atoms with Gasteiger partial charge in [-0.05, 0) is 31.2 Å². The summed E-state index contributed by atoms with van der Waals surface area (Å²) in [5, 5.41) is 13.0. The van der Waals surface area contributed by atoms with Gasteiger partial charge in [0.15, 0.2) is 5.78 Å². The molecule has 1 aliphatic heterocycles. The quantitative estimate of drug-likeness (QED) is 0.816. The van der Waals surface area contributed by atoms with E-state index in [9.17, 15) is 14.7 Å². The zero-order chi connectivity index (χ0) is 15.0. The first-order chi connectivity index (χ1) is 10.0. The summed E-state index contributed by atoms with van der Waals surface area (Å²) in [5.41, 5.74) is 0.691. The molecule has 3 rings (SSSR count). The number of aliphatic hydroxyl groups excluding tert-OH is 1. The van der Waals surface area contributed by atoms with E-state index >= 15 is 0 Å². The van der Waals surface area contributed by atoms with Gasteiger partial charge in [-0.25, -0.2) is 0 Å². The molecule has 0 saturated heterocycles. The summed E-state index contributed by atoms with van der Waals surface area (Å²) < 4.78 is 0. The second-order valence-electron chi connectivity index (χ2n) is 6.20. The van der Waals surface area contributed by atoms with Gasteiger partial charge in [-0.1, -0.05) is 37.3 Å². The monoisotopic (exact) mass is 285 g/mol. The molecule has 1 atom stereocenters. The third-order valence-corrected chi connectivity index (χ3v) is 4.46. The van der Waals surface area contributed by atoms with Gasteiger partial charge < -0.3 is 10.4 Å². The van der Waals surface area contributed by atoms with Gasteiger partial charge in [0.25, 0.3) is 5.91 Å².